The molecule has 0 aliphatic carbocycles. The van der Waals surface area contributed by atoms with Crippen LogP contribution in [0.5, 0.6) is 5.75 Å². The number of aromatic hydroxyl groups is 1. The highest BCUT2D eigenvalue weighted by molar-refractivity contribution is 6.74. The molecule has 4 heterocycles. The Morgan fingerprint density at radius 2 is 2.07 bits per heavy atom. The van der Waals surface area contributed by atoms with Gasteiger partial charge in [0.15, 0.2) is 8.32 Å². The molecule has 1 aromatic carbocycles. The van der Waals surface area contributed by atoms with Gasteiger partial charge in [-0.05, 0) is 79.2 Å². The highest BCUT2D eigenvalue weighted by Crippen LogP contribution is 2.47. The van der Waals surface area contributed by atoms with Crippen molar-refractivity contribution in [2.45, 2.75) is 63.9 Å². The third-order valence-corrected chi connectivity index (χ3v) is 12.3. The minimum Gasteiger partial charge on any atom is -0.508 e. The zero-order chi connectivity index (χ0) is 21.7. The van der Waals surface area contributed by atoms with Crippen molar-refractivity contribution < 1.29 is 9.53 Å². The molecular weight excluding hydrogens is 388 g/mol. The van der Waals surface area contributed by atoms with Gasteiger partial charge in [-0.1, -0.05) is 26.8 Å². The van der Waals surface area contributed by atoms with E-state index in [2.05, 4.69) is 62.5 Å². The fraction of sp³-hybridized carbons (Fsp3) is 0.560. The molecule has 0 saturated carbocycles. The Hall–Kier alpha value is -1.69. The number of nitrogens with zero attached hydrogens (tertiary/aromatic N) is 2. The predicted octanol–water partition coefficient (Wildman–Crippen LogP) is 5.90. The second kappa shape index (κ2) is 7.77. The summed E-state index contributed by atoms with van der Waals surface area (Å²) in [6.45, 7) is 17.9. The molecule has 1 aromatic heterocycles. The summed E-state index contributed by atoms with van der Waals surface area (Å²) >= 11 is 0. The first-order valence-corrected chi connectivity index (χ1v) is 14.1. The number of phenols is 1. The van der Waals surface area contributed by atoms with E-state index < -0.39 is 8.32 Å². The van der Waals surface area contributed by atoms with Crippen LogP contribution in [0.25, 0.3) is 10.9 Å². The molecule has 30 heavy (non-hydrogen) atoms. The minimum absolute atomic E-state index is 0.0215. The lowest BCUT2D eigenvalue weighted by Gasteiger charge is -2.53. The van der Waals surface area contributed by atoms with Gasteiger partial charge in [-0.25, -0.2) is 0 Å². The van der Waals surface area contributed by atoms with E-state index in [0.29, 0.717) is 17.9 Å². The number of pyridine rings is 1. The Labute approximate surface area is 182 Å². The molecule has 3 saturated heterocycles. The highest BCUT2D eigenvalue weighted by Gasteiger charge is 2.47. The van der Waals surface area contributed by atoms with Crippen LogP contribution in [0.3, 0.4) is 0 Å². The lowest BCUT2D eigenvalue weighted by Crippen LogP contribution is -2.57. The minimum atomic E-state index is -2.02. The van der Waals surface area contributed by atoms with Crippen LogP contribution < -0.4 is 0 Å². The van der Waals surface area contributed by atoms with Gasteiger partial charge in [-0.3, -0.25) is 9.88 Å². The van der Waals surface area contributed by atoms with E-state index in [1.807, 2.05) is 18.3 Å². The van der Waals surface area contributed by atoms with E-state index in [0.717, 1.165) is 36.0 Å². The Bertz CT molecular complexity index is 936. The summed E-state index contributed by atoms with van der Waals surface area (Å²) in [5, 5.41) is 11.3. The van der Waals surface area contributed by atoms with Crippen LogP contribution >= 0.6 is 0 Å². The molecular formula is C25H36N2O2Si. The summed E-state index contributed by atoms with van der Waals surface area (Å²) in [6.07, 6.45) is 6.40. The maximum atomic E-state index is 10.2. The zero-order valence-electron chi connectivity index (χ0n) is 19.1. The van der Waals surface area contributed by atoms with Crippen LogP contribution in [-0.2, 0) is 4.43 Å². The number of rotatable bonds is 5. The Kier molecular flexibility index (Phi) is 5.58. The summed E-state index contributed by atoms with van der Waals surface area (Å²) in [7, 11) is -2.02. The lowest BCUT2D eigenvalue weighted by molar-refractivity contribution is -0.0398. The van der Waals surface area contributed by atoms with Crippen molar-refractivity contribution in [3.05, 3.63) is 48.7 Å². The van der Waals surface area contributed by atoms with E-state index in [1.54, 1.807) is 6.07 Å². The molecule has 1 N–H and O–H groups in total. The molecule has 0 spiro atoms. The molecule has 2 bridgehead atoms. The zero-order valence-corrected chi connectivity index (χ0v) is 20.1. The van der Waals surface area contributed by atoms with Crippen LogP contribution in [0.1, 0.15) is 45.3 Å². The first-order valence-electron chi connectivity index (χ1n) is 11.2. The molecule has 5 heteroatoms. The fourth-order valence-corrected chi connectivity index (χ4v) is 6.21. The summed E-state index contributed by atoms with van der Waals surface area (Å²) in [4.78, 5) is 7.17. The van der Waals surface area contributed by atoms with Gasteiger partial charge >= 0.3 is 0 Å². The Morgan fingerprint density at radius 3 is 2.70 bits per heavy atom. The van der Waals surface area contributed by atoms with Gasteiger partial charge in [0.2, 0.25) is 0 Å². The van der Waals surface area contributed by atoms with Crippen LogP contribution in [-0.4, -0.2) is 42.4 Å². The van der Waals surface area contributed by atoms with E-state index in [1.165, 1.54) is 6.42 Å². The largest absolute Gasteiger partial charge is 0.508 e. The molecule has 3 aliphatic rings. The monoisotopic (exact) mass is 424 g/mol. The first kappa shape index (κ1) is 21.5. The number of phenolic OH excluding ortho intramolecular Hbond substituents is 1. The van der Waals surface area contributed by atoms with Crippen molar-refractivity contribution in [1.29, 1.82) is 0 Å². The van der Waals surface area contributed by atoms with E-state index in [4.69, 9.17) is 4.43 Å². The van der Waals surface area contributed by atoms with Gasteiger partial charge in [-0.2, -0.15) is 0 Å². The first-order chi connectivity index (χ1) is 14.1. The average molecular weight is 425 g/mol. The van der Waals surface area contributed by atoms with Crippen LogP contribution in [0.15, 0.2) is 43.1 Å². The Morgan fingerprint density at radius 1 is 1.30 bits per heavy atom. The van der Waals surface area contributed by atoms with Crippen molar-refractivity contribution in [1.82, 2.24) is 9.88 Å². The molecule has 0 radical (unpaired) electrons. The molecule has 2 aromatic rings. The standard InChI is InChI=1S/C25H36N2O2Si/c1-7-17-16-27-13-11-18(17)14-23(27)24(29-30(5,6)25(2,3)4)20-10-12-26-22-9-8-19(28)15-21(20)22/h7-10,12,15,17-18,23-24,28H,1,11,13-14,16H2,2-6H3/t17?,18?,23?,24-/m0/s1. The molecule has 3 fully saturated rings. The normalized spacial score (nSPS) is 27.9. The lowest BCUT2D eigenvalue weighted by atomic mass is 9.73. The Balaban J connectivity index is 1.80. The molecule has 4 nitrogen and oxygen atoms in total. The van der Waals surface area contributed by atoms with Crippen LogP contribution in [0.4, 0.5) is 0 Å². The van der Waals surface area contributed by atoms with Crippen LogP contribution in [0, 0.1) is 11.8 Å². The van der Waals surface area contributed by atoms with Crippen molar-refractivity contribution in [3.8, 4) is 5.75 Å². The maximum Gasteiger partial charge on any atom is 0.192 e. The van der Waals surface area contributed by atoms with Crippen molar-refractivity contribution in [2.75, 3.05) is 13.1 Å². The van der Waals surface area contributed by atoms with E-state index >= 15 is 0 Å². The molecule has 3 aliphatic heterocycles. The molecule has 5 rings (SSSR count). The smallest absolute Gasteiger partial charge is 0.192 e. The topological polar surface area (TPSA) is 45.6 Å². The summed E-state index contributed by atoms with van der Waals surface area (Å²) in [5.74, 6) is 1.55. The van der Waals surface area contributed by atoms with Gasteiger partial charge in [0.1, 0.15) is 5.75 Å². The van der Waals surface area contributed by atoms with Crippen molar-refractivity contribution in [2.24, 2.45) is 11.8 Å². The van der Waals surface area contributed by atoms with Crippen molar-refractivity contribution >= 4 is 19.2 Å². The second-order valence-electron chi connectivity index (χ2n) is 10.6. The van der Waals surface area contributed by atoms with E-state index in [9.17, 15) is 5.11 Å². The van der Waals surface area contributed by atoms with Gasteiger partial charge in [-0.15, -0.1) is 6.58 Å². The highest BCUT2D eigenvalue weighted by atomic mass is 28.4. The number of fused-ring (bicyclic) bond motifs is 4. The molecule has 5 atom stereocenters. The number of benzene rings is 1. The van der Waals surface area contributed by atoms with Gasteiger partial charge < -0.3 is 9.53 Å². The fourth-order valence-electron chi connectivity index (χ4n) is 4.94. The van der Waals surface area contributed by atoms with Crippen LogP contribution in [0.2, 0.25) is 18.1 Å². The van der Waals surface area contributed by atoms with Gasteiger partial charge in [0.25, 0.3) is 0 Å². The average Bonchev–Trinajstić information content (AvgIpc) is 2.71. The molecule has 4 unspecified atom stereocenters. The quantitative estimate of drug-likeness (QED) is 0.479. The summed E-state index contributed by atoms with van der Waals surface area (Å²) in [5.41, 5.74) is 2.07. The summed E-state index contributed by atoms with van der Waals surface area (Å²) < 4.78 is 7.16. The maximum absolute atomic E-state index is 10.2. The van der Waals surface area contributed by atoms with Gasteiger partial charge in [0.05, 0.1) is 11.6 Å². The third-order valence-electron chi connectivity index (χ3n) is 7.80. The van der Waals surface area contributed by atoms with Crippen molar-refractivity contribution in [3.63, 3.8) is 0 Å². The number of hydrogen-bond donors (Lipinski definition) is 1. The second-order valence-corrected chi connectivity index (χ2v) is 15.4. The number of hydrogen-bond acceptors (Lipinski definition) is 4. The number of piperidine rings is 3. The van der Waals surface area contributed by atoms with Gasteiger partial charge in [0, 0.05) is 24.2 Å². The molecule has 162 valence electrons. The van der Waals surface area contributed by atoms with E-state index in [-0.39, 0.29) is 16.9 Å². The molecule has 0 amide bonds. The number of aromatic nitrogens is 1. The third kappa shape index (κ3) is 3.83. The summed E-state index contributed by atoms with van der Waals surface area (Å²) in [6, 6.07) is 7.92. The SMILES string of the molecule is C=CC1CN2CCC1CC2[C@@H](O[Si](C)(C)C(C)(C)C)c1ccnc2ccc(O)cc12. The predicted molar refractivity (Wildman–Crippen MR) is 126 cm³/mol.